The lowest BCUT2D eigenvalue weighted by Gasteiger charge is -2.35. The number of rotatable bonds is 4. The third kappa shape index (κ3) is 5.14. The maximum Gasteiger partial charge on any atom is 0.337 e. The van der Waals surface area contributed by atoms with Gasteiger partial charge in [0.15, 0.2) is 5.11 Å². The Bertz CT molecular complexity index is 955. The van der Waals surface area contributed by atoms with Crippen LogP contribution in [0.4, 0.5) is 11.4 Å². The Labute approximate surface area is 182 Å². The summed E-state index contributed by atoms with van der Waals surface area (Å²) in [5, 5.41) is 5.99. The second-order valence-corrected chi connectivity index (χ2v) is 7.65. The highest BCUT2D eigenvalue weighted by Crippen LogP contribution is 2.28. The quantitative estimate of drug-likeness (QED) is 0.575. The molecule has 7 nitrogen and oxygen atoms in total. The normalized spacial score (nSPS) is 14.2. The van der Waals surface area contributed by atoms with Gasteiger partial charge in [-0.05, 0) is 56.0 Å². The first-order valence-corrected chi connectivity index (χ1v) is 10.1. The summed E-state index contributed by atoms with van der Waals surface area (Å²) < 4.78 is 4.84. The number of ether oxygens (including phenoxy) is 1. The first-order valence-electron chi connectivity index (χ1n) is 9.73. The number of anilines is 2. The highest BCUT2D eigenvalue weighted by molar-refractivity contribution is 7.80. The lowest BCUT2D eigenvalue weighted by atomic mass is 10.1. The van der Waals surface area contributed by atoms with E-state index < -0.39 is 5.97 Å². The number of piperazine rings is 1. The number of hydrogen-bond donors (Lipinski definition) is 2. The molecule has 1 aliphatic rings. The number of amides is 1. The van der Waals surface area contributed by atoms with Crippen LogP contribution in [-0.4, -0.2) is 62.2 Å². The molecule has 1 saturated heterocycles. The van der Waals surface area contributed by atoms with Crippen molar-refractivity contribution in [2.24, 2.45) is 0 Å². The van der Waals surface area contributed by atoms with Crippen LogP contribution in [-0.2, 0) is 4.74 Å². The van der Waals surface area contributed by atoms with E-state index in [1.807, 2.05) is 31.2 Å². The van der Waals surface area contributed by atoms with Gasteiger partial charge < -0.3 is 19.9 Å². The summed E-state index contributed by atoms with van der Waals surface area (Å²) in [6.45, 7) is 5.45. The molecule has 1 heterocycles. The minimum Gasteiger partial charge on any atom is -0.465 e. The third-order valence-corrected chi connectivity index (χ3v) is 5.33. The molecule has 1 aliphatic heterocycles. The van der Waals surface area contributed by atoms with E-state index in [0.717, 1.165) is 37.4 Å². The van der Waals surface area contributed by atoms with Crippen molar-refractivity contribution >= 4 is 40.6 Å². The van der Waals surface area contributed by atoms with Crippen molar-refractivity contribution in [1.29, 1.82) is 0 Å². The fourth-order valence-electron chi connectivity index (χ4n) is 3.36. The van der Waals surface area contributed by atoms with Gasteiger partial charge in [0.25, 0.3) is 5.91 Å². The van der Waals surface area contributed by atoms with E-state index in [4.69, 9.17) is 17.0 Å². The van der Waals surface area contributed by atoms with Gasteiger partial charge in [-0.25, -0.2) is 4.79 Å². The van der Waals surface area contributed by atoms with Crippen LogP contribution in [0.25, 0.3) is 0 Å². The van der Waals surface area contributed by atoms with E-state index in [1.165, 1.54) is 7.11 Å². The average Bonchev–Trinajstić information content (AvgIpc) is 2.74. The van der Waals surface area contributed by atoms with Crippen LogP contribution in [0.1, 0.15) is 26.3 Å². The zero-order valence-corrected chi connectivity index (χ0v) is 18.2. The minimum atomic E-state index is -0.433. The first-order chi connectivity index (χ1) is 14.4. The number of nitrogens with zero attached hydrogens (tertiary/aromatic N) is 2. The smallest absolute Gasteiger partial charge is 0.337 e. The Balaban J connectivity index is 1.81. The molecule has 0 unspecified atom stereocenters. The van der Waals surface area contributed by atoms with Gasteiger partial charge in [0, 0.05) is 31.7 Å². The summed E-state index contributed by atoms with van der Waals surface area (Å²) in [6, 6.07) is 12.6. The number of aryl methyl sites for hydroxylation is 1. The van der Waals surface area contributed by atoms with Gasteiger partial charge >= 0.3 is 5.97 Å². The van der Waals surface area contributed by atoms with Crippen LogP contribution < -0.4 is 15.5 Å². The molecule has 158 valence electrons. The van der Waals surface area contributed by atoms with E-state index in [9.17, 15) is 9.59 Å². The van der Waals surface area contributed by atoms with Crippen molar-refractivity contribution < 1.29 is 14.3 Å². The molecule has 0 radical (unpaired) electrons. The summed E-state index contributed by atoms with van der Waals surface area (Å²) >= 11 is 5.39. The molecule has 3 rings (SSSR count). The van der Waals surface area contributed by atoms with E-state index >= 15 is 0 Å². The topological polar surface area (TPSA) is 73.9 Å². The van der Waals surface area contributed by atoms with E-state index in [0.29, 0.717) is 16.8 Å². The molecule has 0 bridgehead atoms. The number of esters is 1. The molecule has 1 amide bonds. The molecule has 2 aromatic rings. The van der Waals surface area contributed by atoms with Gasteiger partial charge in [-0.2, -0.15) is 0 Å². The van der Waals surface area contributed by atoms with Crippen LogP contribution in [0.2, 0.25) is 0 Å². The number of carbonyl (C=O) groups is 2. The van der Waals surface area contributed by atoms with E-state index in [-0.39, 0.29) is 11.0 Å². The molecule has 2 aromatic carbocycles. The monoisotopic (exact) mass is 426 g/mol. The Hall–Kier alpha value is -2.97. The third-order valence-electron chi connectivity index (χ3n) is 5.13. The van der Waals surface area contributed by atoms with Crippen LogP contribution in [0.15, 0.2) is 42.5 Å². The van der Waals surface area contributed by atoms with Crippen molar-refractivity contribution in [3.63, 3.8) is 0 Å². The molecule has 8 heteroatoms. The van der Waals surface area contributed by atoms with Crippen LogP contribution >= 0.6 is 12.2 Å². The minimum absolute atomic E-state index is 0.167. The number of hydrogen-bond acceptors (Lipinski definition) is 6. The fourth-order valence-corrected chi connectivity index (χ4v) is 3.56. The molecule has 0 spiro atoms. The Morgan fingerprint density at radius 3 is 2.43 bits per heavy atom. The molecular formula is C22H26N4O3S. The lowest BCUT2D eigenvalue weighted by molar-refractivity contribution is 0.0600. The van der Waals surface area contributed by atoms with Crippen molar-refractivity contribution in [3.05, 3.63) is 59.2 Å². The van der Waals surface area contributed by atoms with Gasteiger partial charge in [-0.3, -0.25) is 10.1 Å². The summed E-state index contributed by atoms with van der Waals surface area (Å²) in [5.41, 5.74) is 3.40. The molecule has 0 aromatic heterocycles. The van der Waals surface area contributed by atoms with Crippen molar-refractivity contribution in [2.45, 2.75) is 6.92 Å². The number of benzene rings is 2. The fraction of sp³-hybridized carbons (Fsp3) is 0.318. The van der Waals surface area contributed by atoms with Gasteiger partial charge in [0.05, 0.1) is 24.0 Å². The molecule has 2 N–H and O–H groups in total. The lowest BCUT2D eigenvalue weighted by Crippen LogP contribution is -2.45. The number of methoxy groups -OCH3 is 1. The van der Waals surface area contributed by atoms with E-state index in [1.54, 1.807) is 18.2 Å². The van der Waals surface area contributed by atoms with Gasteiger partial charge in [0.1, 0.15) is 0 Å². The Morgan fingerprint density at radius 2 is 1.77 bits per heavy atom. The van der Waals surface area contributed by atoms with Crippen molar-refractivity contribution in [3.8, 4) is 0 Å². The Morgan fingerprint density at radius 1 is 1.07 bits per heavy atom. The highest BCUT2D eigenvalue weighted by atomic mass is 32.1. The molecule has 1 fully saturated rings. The highest BCUT2D eigenvalue weighted by Gasteiger charge is 2.20. The van der Waals surface area contributed by atoms with Gasteiger partial charge in [-0.1, -0.05) is 18.2 Å². The van der Waals surface area contributed by atoms with Gasteiger partial charge in [-0.15, -0.1) is 0 Å². The van der Waals surface area contributed by atoms with Crippen LogP contribution in [0.3, 0.4) is 0 Å². The standard InChI is InChI=1S/C22H26N4O3S/c1-15-6-4-5-7-17(15)20(27)24-22(30)23-18-14-16(21(28)29-3)8-9-19(18)26-12-10-25(2)11-13-26/h4-9,14H,10-13H2,1-3H3,(H2,23,24,27,30). The maximum absolute atomic E-state index is 12.6. The molecule has 30 heavy (non-hydrogen) atoms. The van der Waals surface area contributed by atoms with Crippen LogP contribution in [0.5, 0.6) is 0 Å². The second kappa shape index (κ2) is 9.69. The number of thiocarbonyl (C=S) groups is 1. The zero-order chi connectivity index (χ0) is 21.7. The second-order valence-electron chi connectivity index (χ2n) is 7.24. The molecule has 0 atom stereocenters. The Kier molecular flexibility index (Phi) is 7.02. The first kappa shape index (κ1) is 21.7. The van der Waals surface area contributed by atoms with Crippen molar-refractivity contribution in [2.75, 3.05) is 50.6 Å². The molecule has 0 aliphatic carbocycles. The number of nitrogens with one attached hydrogen (secondary N) is 2. The molecular weight excluding hydrogens is 400 g/mol. The molecule has 0 saturated carbocycles. The predicted molar refractivity (Wildman–Crippen MR) is 122 cm³/mol. The number of likely N-dealkylation sites (N-methyl/N-ethyl adjacent to an activating group) is 1. The summed E-state index contributed by atoms with van der Waals surface area (Å²) in [5.74, 6) is -0.714. The predicted octanol–water partition coefficient (Wildman–Crippen LogP) is 2.66. The SMILES string of the molecule is COC(=O)c1ccc(N2CCN(C)CC2)c(NC(=S)NC(=O)c2ccccc2C)c1. The number of carbonyl (C=O) groups excluding carboxylic acids is 2. The maximum atomic E-state index is 12.6. The van der Waals surface area contributed by atoms with Crippen molar-refractivity contribution in [1.82, 2.24) is 10.2 Å². The van der Waals surface area contributed by atoms with E-state index in [2.05, 4.69) is 27.5 Å². The zero-order valence-electron chi connectivity index (χ0n) is 17.4. The average molecular weight is 427 g/mol. The summed E-state index contributed by atoms with van der Waals surface area (Å²) in [7, 11) is 3.43. The summed E-state index contributed by atoms with van der Waals surface area (Å²) in [4.78, 5) is 29.1. The van der Waals surface area contributed by atoms with Crippen LogP contribution in [0, 0.1) is 6.92 Å². The summed E-state index contributed by atoms with van der Waals surface area (Å²) in [6.07, 6.45) is 0. The van der Waals surface area contributed by atoms with Gasteiger partial charge in [0.2, 0.25) is 0 Å². The largest absolute Gasteiger partial charge is 0.465 e.